The van der Waals surface area contributed by atoms with Gasteiger partial charge in [-0.15, -0.1) is 0 Å². The van der Waals surface area contributed by atoms with Crippen LogP contribution in [0.2, 0.25) is 0 Å². The number of halogens is 1. The van der Waals surface area contributed by atoms with Crippen LogP contribution in [0.3, 0.4) is 0 Å². The normalized spacial score (nSPS) is 21.9. The van der Waals surface area contributed by atoms with Gasteiger partial charge in [0.1, 0.15) is 10.9 Å². The molecular formula is C8H8ClN3O2. The molecule has 2 rings (SSSR count). The highest BCUT2D eigenvalue weighted by atomic mass is 35.5. The zero-order valence-electron chi connectivity index (χ0n) is 7.50. The van der Waals surface area contributed by atoms with Gasteiger partial charge in [-0.3, -0.25) is 9.59 Å². The van der Waals surface area contributed by atoms with Crippen molar-refractivity contribution in [1.82, 2.24) is 10.3 Å². The molecule has 6 heteroatoms. The molecule has 0 saturated carbocycles. The van der Waals surface area contributed by atoms with Gasteiger partial charge >= 0.3 is 0 Å². The topological polar surface area (TPSA) is 61.8 Å². The van der Waals surface area contributed by atoms with E-state index in [9.17, 15) is 9.59 Å². The molecule has 0 atom stereocenters. The molecule has 2 amide bonds. The van der Waals surface area contributed by atoms with Crippen LogP contribution in [0.4, 0.5) is 0 Å². The second kappa shape index (κ2) is 3.09. The molecular weight excluding hydrogens is 206 g/mol. The maximum Gasteiger partial charge on any atom is 0.278 e. The van der Waals surface area contributed by atoms with E-state index in [-0.39, 0.29) is 16.5 Å². The predicted molar refractivity (Wildman–Crippen MR) is 50.5 cm³/mol. The lowest BCUT2D eigenvalue weighted by atomic mass is 10.3. The largest absolute Gasteiger partial charge is 0.308 e. The third-order valence-electron chi connectivity index (χ3n) is 2.17. The third kappa shape index (κ3) is 1.13. The molecule has 5 nitrogen and oxygen atoms in total. The van der Waals surface area contributed by atoms with E-state index in [1.165, 1.54) is 6.92 Å². The van der Waals surface area contributed by atoms with E-state index in [1.807, 2.05) is 0 Å². The average molecular weight is 214 g/mol. The maximum absolute atomic E-state index is 11.6. The molecule has 0 aromatic rings. The van der Waals surface area contributed by atoms with Gasteiger partial charge in [-0.05, 0) is 6.92 Å². The quantitative estimate of drug-likeness (QED) is 0.584. The van der Waals surface area contributed by atoms with E-state index in [0.29, 0.717) is 18.8 Å². The van der Waals surface area contributed by atoms with Crippen LogP contribution in [0, 0.1) is 0 Å². The Balaban J connectivity index is 2.33. The Kier molecular flexibility index (Phi) is 2.03. The fourth-order valence-electron chi connectivity index (χ4n) is 1.38. The van der Waals surface area contributed by atoms with Crippen LogP contribution in [0.15, 0.2) is 15.7 Å². The first kappa shape index (κ1) is 9.21. The summed E-state index contributed by atoms with van der Waals surface area (Å²) in [7, 11) is 0. The highest BCUT2D eigenvalue weighted by Gasteiger charge is 2.38. The Bertz CT molecular complexity index is 362. The van der Waals surface area contributed by atoms with E-state index in [0.717, 1.165) is 4.90 Å². The highest BCUT2D eigenvalue weighted by molar-refractivity contribution is 6.49. The first-order valence-electron chi connectivity index (χ1n) is 4.17. The van der Waals surface area contributed by atoms with Crippen molar-refractivity contribution >= 4 is 29.3 Å². The Hall–Kier alpha value is -1.36. The Morgan fingerprint density at radius 3 is 2.57 bits per heavy atom. The minimum Gasteiger partial charge on any atom is -0.308 e. The van der Waals surface area contributed by atoms with Crippen molar-refractivity contribution in [2.75, 3.05) is 6.54 Å². The van der Waals surface area contributed by atoms with E-state index in [4.69, 9.17) is 11.6 Å². The molecule has 0 aliphatic carbocycles. The van der Waals surface area contributed by atoms with Gasteiger partial charge < -0.3 is 5.43 Å². The van der Waals surface area contributed by atoms with Crippen LogP contribution in [0.5, 0.6) is 0 Å². The number of carbonyl (C=O) groups excluding carboxylic acids is 2. The van der Waals surface area contributed by atoms with Crippen LogP contribution >= 0.6 is 11.6 Å². The van der Waals surface area contributed by atoms with Crippen molar-refractivity contribution in [1.29, 1.82) is 0 Å². The molecule has 74 valence electrons. The molecule has 0 aromatic carbocycles. The summed E-state index contributed by atoms with van der Waals surface area (Å²) in [6.45, 7) is 2.18. The molecule has 0 fully saturated rings. The molecule has 2 aliphatic rings. The van der Waals surface area contributed by atoms with Crippen molar-refractivity contribution in [3.05, 3.63) is 10.6 Å². The lowest BCUT2D eigenvalue weighted by molar-refractivity contribution is -0.132. The van der Waals surface area contributed by atoms with Gasteiger partial charge in [-0.1, -0.05) is 11.6 Å². The number of nitrogens with one attached hydrogen (secondary N) is 1. The number of hydrazone groups is 1. The summed E-state index contributed by atoms with van der Waals surface area (Å²) in [4.78, 5) is 24.1. The molecule has 2 aliphatic heterocycles. The molecule has 0 aromatic heterocycles. The van der Waals surface area contributed by atoms with Crippen LogP contribution < -0.4 is 5.43 Å². The van der Waals surface area contributed by atoms with Crippen molar-refractivity contribution in [3.8, 4) is 0 Å². The number of rotatable bonds is 0. The van der Waals surface area contributed by atoms with E-state index in [1.54, 1.807) is 0 Å². The minimum atomic E-state index is -0.475. The zero-order chi connectivity index (χ0) is 10.3. The molecule has 1 N–H and O–H groups in total. The molecule has 2 heterocycles. The number of carbonyl (C=O) groups is 2. The minimum absolute atomic E-state index is 0.00963. The van der Waals surface area contributed by atoms with E-state index in [2.05, 4.69) is 10.5 Å². The van der Waals surface area contributed by atoms with Crippen molar-refractivity contribution in [3.63, 3.8) is 0 Å². The zero-order valence-corrected chi connectivity index (χ0v) is 8.26. The molecule has 14 heavy (non-hydrogen) atoms. The fraction of sp³-hybridized carbons (Fsp3) is 0.375. The van der Waals surface area contributed by atoms with Gasteiger partial charge in [0.05, 0.1) is 0 Å². The van der Waals surface area contributed by atoms with Gasteiger partial charge in [0.25, 0.3) is 11.8 Å². The Morgan fingerprint density at radius 1 is 1.43 bits per heavy atom. The van der Waals surface area contributed by atoms with Crippen molar-refractivity contribution < 1.29 is 9.59 Å². The summed E-state index contributed by atoms with van der Waals surface area (Å²) in [5.74, 6) is -0.408. The number of imide groups is 1. The SMILES string of the molecule is CC1=C(Cl)C(=O)N(C2=NNCC2)C1=O. The van der Waals surface area contributed by atoms with Gasteiger partial charge in [-0.25, -0.2) is 4.90 Å². The van der Waals surface area contributed by atoms with E-state index >= 15 is 0 Å². The van der Waals surface area contributed by atoms with Crippen LogP contribution in [-0.4, -0.2) is 29.1 Å². The molecule has 0 spiro atoms. The number of hydrogen-bond donors (Lipinski definition) is 1. The molecule has 0 bridgehead atoms. The standard InChI is InChI=1S/C8H8ClN3O2/c1-4-6(9)8(14)12(7(4)13)5-2-3-10-11-5/h10H,2-3H2,1H3. The van der Waals surface area contributed by atoms with E-state index < -0.39 is 5.91 Å². The van der Waals surface area contributed by atoms with Crippen molar-refractivity contribution in [2.45, 2.75) is 13.3 Å². The smallest absolute Gasteiger partial charge is 0.278 e. The van der Waals surface area contributed by atoms with Gasteiger partial charge in [0, 0.05) is 18.5 Å². The van der Waals surface area contributed by atoms with Crippen LogP contribution in [-0.2, 0) is 9.59 Å². The Labute approximate surface area is 85.4 Å². The first-order chi connectivity index (χ1) is 6.63. The second-order valence-electron chi connectivity index (χ2n) is 3.07. The van der Waals surface area contributed by atoms with Gasteiger partial charge in [0.15, 0.2) is 0 Å². The third-order valence-corrected chi connectivity index (χ3v) is 2.62. The predicted octanol–water partition coefficient (Wildman–Crippen LogP) is 0.175. The van der Waals surface area contributed by atoms with Crippen molar-refractivity contribution in [2.24, 2.45) is 5.10 Å². The number of amidine groups is 1. The van der Waals surface area contributed by atoms with Gasteiger partial charge in [-0.2, -0.15) is 5.10 Å². The summed E-state index contributed by atoms with van der Waals surface area (Å²) in [6.07, 6.45) is 0.564. The summed E-state index contributed by atoms with van der Waals surface area (Å²) in [5, 5.41) is 3.84. The Morgan fingerprint density at radius 2 is 2.14 bits per heavy atom. The van der Waals surface area contributed by atoms with Crippen LogP contribution in [0.25, 0.3) is 0 Å². The van der Waals surface area contributed by atoms with Crippen LogP contribution in [0.1, 0.15) is 13.3 Å². The average Bonchev–Trinajstić information content (AvgIpc) is 2.73. The maximum atomic E-state index is 11.6. The monoisotopic (exact) mass is 213 g/mol. The number of hydrogen-bond acceptors (Lipinski definition) is 4. The molecule has 0 radical (unpaired) electrons. The lowest BCUT2D eigenvalue weighted by Gasteiger charge is -2.12. The molecule has 0 unspecified atom stereocenters. The highest BCUT2D eigenvalue weighted by Crippen LogP contribution is 2.24. The first-order valence-corrected chi connectivity index (χ1v) is 4.55. The summed E-state index contributed by atoms with van der Waals surface area (Å²) >= 11 is 5.67. The number of nitrogens with zero attached hydrogens (tertiary/aromatic N) is 2. The summed E-state index contributed by atoms with van der Waals surface area (Å²) in [6, 6.07) is 0. The lowest BCUT2D eigenvalue weighted by Crippen LogP contribution is -2.36. The summed E-state index contributed by atoms with van der Waals surface area (Å²) in [5.41, 5.74) is 2.98. The second-order valence-corrected chi connectivity index (χ2v) is 3.45. The summed E-state index contributed by atoms with van der Waals surface area (Å²) < 4.78 is 0. The fourth-order valence-corrected chi connectivity index (χ4v) is 1.54. The molecule has 0 saturated heterocycles. The van der Waals surface area contributed by atoms with Gasteiger partial charge in [0.2, 0.25) is 0 Å². The number of amides is 2.